The number of imide groups is 2. The highest BCUT2D eigenvalue weighted by Crippen LogP contribution is 2.22. The minimum atomic E-state index is -1.18. The van der Waals surface area contributed by atoms with Crippen molar-refractivity contribution >= 4 is 35.4 Å². The van der Waals surface area contributed by atoms with Crippen LogP contribution in [0.3, 0.4) is 0 Å². The molecular formula is C20H19N3O4. The lowest BCUT2D eigenvalue weighted by atomic mass is 10.1. The molecule has 1 fully saturated rings. The van der Waals surface area contributed by atoms with Crippen molar-refractivity contribution in [1.29, 1.82) is 0 Å². The molecule has 0 saturated carbocycles. The Labute approximate surface area is 156 Å². The van der Waals surface area contributed by atoms with Gasteiger partial charge in [-0.2, -0.15) is 0 Å². The number of hydrogen-bond donors (Lipinski definition) is 1. The normalized spacial score (nSPS) is 17.3. The van der Waals surface area contributed by atoms with Crippen LogP contribution in [0.4, 0.5) is 16.2 Å². The smallest absolute Gasteiger partial charge is 0.335 e. The molecule has 1 atom stereocenters. The third-order valence-corrected chi connectivity index (χ3v) is 4.01. The summed E-state index contributed by atoms with van der Waals surface area (Å²) in [5.41, 5.74) is 1.96. The largest absolute Gasteiger partial charge is 0.494 e. The number of nitrogens with zero attached hydrogens (tertiary/aromatic N) is 2. The fourth-order valence-electron chi connectivity index (χ4n) is 2.62. The van der Waals surface area contributed by atoms with E-state index in [-0.39, 0.29) is 0 Å². The summed E-state index contributed by atoms with van der Waals surface area (Å²) in [6.45, 7) is 4.35. The van der Waals surface area contributed by atoms with Crippen molar-refractivity contribution in [3.63, 3.8) is 0 Å². The van der Waals surface area contributed by atoms with Crippen molar-refractivity contribution in [2.75, 3.05) is 11.5 Å². The molecule has 4 amide bonds. The van der Waals surface area contributed by atoms with Gasteiger partial charge in [0.15, 0.2) is 5.92 Å². The summed E-state index contributed by atoms with van der Waals surface area (Å²) in [4.78, 5) is 42.1. The van der Waals surface area contributed by atoms with Crippen molar-refractivity contribution in [3.05, 3.63) is 54.1 Å². The number of rotatable bonds is 5. The molecule has 0 radical (unpaired) electrons. The fourth-order valence-corrected chi connectivity index (χ4v) is 2.62. The van der Waals surface area contributed by atoms with Gasteiger partial charge in [0.05, 0.1) is 18.0 Å². The molecule has 7 nitrogen and oxygen atoms in total. The molecule has 1 aliphatic heterocycles. The molecule has 0 bridgehead atoms. The molecule has 1 aliphatic rings. The molecule has 0 aliphatic carbocycles. The second-order valence-electron chi connectivity index (χ2n) is 5.99. The van der Waals surface area contributed by atoms with Gasteiger partial charge in [-0.1, -0.05) is 17.7 Å². The lowest BCUT2D eigenvalue weighted by Gasteiger charge is -2.28. The van der Waals surface area contributed by atoms with Gasteiger partial charge >= 0.3 is 6.03 Å². The Morgan fingerprint density at radius 3 is 2.37 bits per heavy atom. The number of anilines is 1. The predicted molar refractivity (Wildman–Crippen MR) is 101 cm³/mol. The van der Waals surface area contributed by atoms with Crippen molar-refractivity contribution < 1.29 is 19.1 Å². The molecule has 1 heterocycles. The van der Waals surface area contributed by atoms with Gasteiger partial charge in [-0.05, 0) is 50.2 Å². The maximum absolute atomic E-state index is 12.7. The first-order valence-corrected chi connectivity index (χ1v) is 8.52. The zero-order valence-electron chi connectivity index (χ0n) is 15.0. The van der Waals surface area contributed by atoms with Gasteiger partial charge in [0.2, 0.25) is 5.91 Å². The van der Waals surface area contributed by atoms with E-state index >= 15 is 0 Å². The van der Waals surface area contributed by atoms with Crippen LogP contribution in [0.1, 0.15) is 12.5 Å². The van der Waals surface area contributed by atoms with Gasteiger partial charge in [-0.15, -0.1) is 0 Å². The predicted octanol–water partition coefficient (Wildman–Crippen LogP) is 3.00. The van der Waals surface area contributed by atoms with E-state index in [0.29, 0.717) is 23.7 Å². The minimum Gasteiger partial charge on any atom is -0.494 e. The van der Waals surface area contributed by atoms with Crippen LogP contribution in [0.25, 0.3) is 0 Å². The standard InChI is InChI=1S/C20H19N3O4/c1-3-27-16-10-6-14(7-11-16)21-12-17-18(24)22-20(26)23(19(17)25)15-8-4-13(2)5-9-15/h4-12,17H,3H2,1-2H3,(H,22,24,26)/t17-/m0/s1. The molecule has 0 unspecified atom stereocenters. The fraction of sp³-hybridized carbons (Fsp3) is 0.200. The average molecular weight is 365 g/mol. The lowest BCUT2D eigenvalue weighted by molar-refractivity contribution is -0.131. The second kappa shape index (κ2) is 7.82. The third kappa shape index (κ3) is 4.03. The quantitative estimate of drug-likeness (QED) is 0.652. The zero-order valence-corrected chi connectivity index (χ0v) is 15.0. The van der Waals surface area contributed by atoms with E-state index < -0.39 is 23.8 Å². The molecule has 2 aromatic carbocycles. The van der Waals surface area contributed by atoms with E-state index in [9.17, 15) is 14.4 Å². The van der Waals surface area contributed by atoms with E-state index in [0.717, 1.165) is 10.5 Å². The van der Waals surface area contributed by atoms with Crippen molar-refractivity contribution in [1.82, 2.24) is 5.32 Å². The minimum absolute atomic E-state index is 0.398. The Morgan fingerprint density at radius 1 is 1.07 bits per heavy atom. The molecule has 0 spiro atoms. The maximum Gasteiger partial charge on any atom is 0.335 e. The SMILES string of the molecule is CCOc1ccc(N=C[C@H]2C(=O)NC(=O)N(c3ccc(C)cc3)C2=O)cc1. The van der Waals surface area contributed by atoms with E-state index in [2.05, 4.69) is 10.3 Å². The highest BCUT2D eigenvalue weighted by atomic mass is 16.5. The molecular weight excluding hydrogens is 346 g/mol. The lowest BCUT2D eigenvalue weighted by Crippen LogP contribution is -2.58. The Morgan fingerprint density at radius 2 is 1.74 bits per heavy atom. The average Bonchev–Trinajstić information content (AvgIpc) is 2.64. The monoisotopic (exact) mass is 365 g/mol. The van der Waals surface area contributed by atoms with Crippen LogP contribution in [-0.2, 0) is 9.59 Å². The van der Waals surface area contributed by atoms with Crippen molar-refractivity contribution in [2.45, 2.75) is 13.8 Å². The first kappa shape index (κ1) is 18.3. The number of ether oxygens (including phenoxy) is 1. The Hall–Kier alpha value is -3.48. The number of aryl methyl sites for hydroxylation is 1. The van der Waals surface area contributed by atoms with E-state index in [1.165, 1.54) is 6.21 Å². The summed E-state index contributed by atoms with van der Waals surface area (Å²) in [5, 5.41) is 2.20. The van der Waals surface area contributed by atoms with Crippen LogP contribution >= 0.6 is 0 Å². The first-order valence-electron chi connectivity index (χ1n) is 8.52. The van der Waals surface area contributed by atoms with Gasteiger partial charge in [-0.25, -0.2) is 9.69 Å². The first-order chi connectivity index (χ1) is 13.0. The number of benzene rings is 2. The summed E-state index contributed by atoms with van der Waals surface area (Å²) in [7, 11) is 0. The molecule has 0 aromatic heterocycles. The van der Waals surface area contributed by atoms with Gasteiger partial charge in [-0.3, -0.25) is 19.9 Å². The number of urea groups is 1. The van der Waals surface area contributed by atoms with Crippen LogP contribution in [-0.4, -0.2) is 30.7 Å². The van der Waals surface area contributed by atoms with Crippen LogP contribution in [0.15, 0.2) is 53.5 Å². The van der Waals surface area contributed by atoms with Crippen LogP contribution in [0.2, 0.25) is 0 Å². The number of carbonyl (C=O) groups excluding carboxylic acids is 3. The number of barbiturate groups is 1. The van der Waals surface area contributed by atoms with Crippen LogP contribution in [0.5, 0.6) is 5.75 Å². The van der Waals surface area contributed by atoms with Gasteiger partial charge < -0.3 is 4.74 Å². The number of carbonyl (C=O) groups is 3. The molecule has 1 N–H and O–H groups in total. The maximum atomic E-state index is 12.7. The Kier molecular flexibility index (Phi) is 5.30. The van der Waals surface area contributed by atoms with Gasteiger partial charge in [0.25, 0.3) is 5.91 Å². The summed E-state index contributed by atoms with van der Waals surface area (Å²) in [6.07, 6.45) is 1.25. The molecule has 7 heteroatoms. The van der Waals surface area contributed by atoms with Gasteiger partial charge in [0.1, 0.15) is 5.75 Å². The van der Waals surface area contributed by atoms with Crippen LogP contribution < -0.4 is 15.0 Å². The Balaban J connectivity index is 1.81. The van der Waals surface area contributed by atoms with E-state index in [4.69, 9.17) is 4.74 Å². The highest BCUT2D eigenvalue weighted by Gasteiger charge is 2.40. The Bertz CT molecular complexity index is 888. The van der Waals surface area contributed by atoms with E-state index in [1.807, 2.05) is 13.8 Å². The molecule has 1 saturated heterocycles. The summed E-state index contributed by atoms with van der Waals surface area (Å²) < 4.78 is 5.36. The molecule has 2 aromatic rings. The summed E-state index contributed by atoms with van der Waals surface area (Å²) >= 11 is 0. The highest BCUT2D eigenvalue weighted by molar-refractivity contribution is 6.32. The molecule has 3 rings (SSSR count). The zero-order chi connectivity index (χ0) is 19.4. The van der Waals surface area contributed by atoms with Crippen molar-refractivity contribution in [2.24, 2.45) is 10.9 Å². The third-order valence-electron chi connectivity index (χ3n) is 4.01. The topological polar surface area (TPSA) is 88.1 Å². The summed E-state index contributed by atoms with van der Waals surface area (Å²) in [6, 6.07) is 13.1. The van der Waals surface area contributed by atoms with Crippen molar-refractivity contribution in [3.8, 4) is 5.75 Å². The van der Waals surface area contributed by atoms with Gasteiger partial charge in [0, 0.05) is 6.21 Å². The second-order valence-corrected chi connectivity index (χ2v) is 5.99. The van der Waals surface area contributed by atoms with E-state index in [1.54, 1.807) is 48.5 Å². The number of hydrogen-bond acceptors (Lipinski definition) is 5. The molecule has 27 heavy (non-hydrogen) atoms. The summed E-state index contributed by atoms with van der Waals surface area (Å²) in [5.74, 6) is -1.81. The van der Waals surface area contributed by atoms with Crippen LogP contribution in [0, 0.1) is 12.8 Å². The number of amides is 4. The molecule has 138 valence electrons. The number of nitrogens with one attached hydrogen (secondary N) is 1. The number of aliphatic imine (C=N–C) groups is 1.